The smallest absolute Gasteiger partial charge is 0.407 e. The van der Waals surface area contributed by atoms with Crippen LogP contribution in [0.4, 0.5) is 9.18 Å². The first-order chi connectivity index (χ1) is 12.5. The summed E-state index contributed by atoms with van der Waals surface area (Å²) in [7, 11) is 0. The van der Waals surface area contributed by atoms with Gasteiger partial charge in [0.15, 0.2) is 0 Å². The third kappa shape index (κ3) is 4.60. The zero-order chi connectivity index (χ0) is 18.5. The van der Waals surface area contributed by atoms with E-state index in [9.17, 15) is 9.18 Å². The largest absolute Gasteiger partial charge is 0.445 e. The van der Waals surface area contributed by atoms with E-state index in [1.54, 1.807) is 0 Å². The molecule has 0 spiro atoms. The molecule has 0 bridgehead atoms. The summed E-state index contributed by atoms with van der Waals surface area (Å²) in [5, 5.41) is 6.69. The number of ether oxygens (including phenoxy) is 1. The average Bonchev–Trinajstić information content (AvgIpc) is 3.15. The van der Waals surface area contributed by atoms with Gasteiger partial charge < -0.3 is 14.6 Å². The van der Waals surface area contributed by atoms with Crippen LogP contribution in [0.3, 0.4) is 0 Å². The number of carbonyl (C=O) groups is 1. The van der Waals surface area contributed by atoms with Crippen LogP contribution in [0.5, 0.6) is 0 Å². The van der Waals surface area contributed by atoms with Crippen LogP contribution in [0.15, 0.2) is 34.9 Å². The Balaban J connectivity index is 1.50. The summed E-state index contributed by atoms with van der Waals surface area (Å²) < 4.78 is 24.3. The quantitative estimate of drug-likeness (QED) is 0.856. The van der Waals surface area contributed by atoms with Gasteiger partial charge in [0, 0.05) is 31.2 Å². The first-order valence-corrected chi connectivity index (χ1v) is 8.77. The number of nitrogens with zero attached hydrogens (tertiary/aromatic N) is 2. The number of amides is 1. The molecule has 0 radical (unpaired) electrons. The Bertz CT molecular complexity index is 715. The summed E-state index contributed by atoms with van der Waals surface area (Å²) in [5.74, 6) is 0.749. The lowest BCUT2D eigenvalue weighted by molar-refractivity contribution is 0.135. The van der Waals surface area contributed by atoms with E-state index in [0.717, 1.165) is 22.6 Å². The van der Waals surface area contributed by atoms with Crippen LogP contribution in [0.1, 0.15) is 29.0 Å². The van der Waals surface area contributed by atoms with Crippen molar-refractivity contribution in [3.8, 4) is 0 Å². The summed E-state index contributed by atoms with van der Waals surface area (Å²) >= 11 is 0. The molecule has 1 fully saturated rings. The van der Waals surface area contributed by atoms with Gasteiger partial charge in [-0.25, -0.2) is 9.18 Å². The lowest BCUT2D eigenvalue weighted by Crippen LogP contribution is -2.40. The van der Waals surface area contributed by atoms with Gasteiger partial charge in [0.1, 0.15) is 18.5 Å². The number of carbonyl (C=O) groups excluding carboxylic acids is 1. The Morgan fingerprint density at radius 2 is 2.15 bits per heavy atom. The number of alkyl carbamates (subject to hydrolysis) is 1. The molecule has 26 heavy (non-hydrogen) atoms. The highest BCUT2D eigenvalue weighted by Crippen LogP contribution is 2.24. The number of aryl methyl sites for hydroxylation is 2. The minimum Gasteiger partial charge on any atom is -0.445 e. The third-order valence-corrected chi connectivity index (χ3v) is 4.71. The van der Waals surface area contributed by atoms with Crippen molar-refractivity contribution in [2.24, 2.45) is 0 Å². The number of hydrogen-bond donors (Lipinski definition) is 1. The first kappa shape index (κ1) is 18.4. The molecule has 1 aromatic heterocycles. The predicted molar refractivity (Wildman–Crippen MR) is 94.3 cm³/mol. The van der Waals surface area contributed by atoms with Gasteiger partial charge in [-0.3, -0.25) is 4.90 Å². The Labute approximate surface area is 152 Å². The standard InChI is InChI=1S/C19H24FN3O3/c1-13-18(14(2)26-22-13)11-23-10-16(20)8-17(23)9-21-19(24)25-12-15-6-4-3-5-7-15/h3-7,16-17H,8-12H2,1-2H3,(H,21,24)/t16-,17-/m0/s1. The topological polar surface area (TPSA) is 67.6 Å². The number of nitrogens with one attached hydrogen (secondary N) is 1. The number of alkyl halides is 1. The highest BCUT2D eigenvalue weighted by Gasteiger charge is 2.33. The van der Waals surface area contributed by atoms with E-state index in [4.69, 9.17) is 9.26 Å². The van der Waals surface area contributed by atoms with E-state index in [2.05, 4.69) is 10.5 Å². The van der Waals surface area contributed by atoms with Crippen molar-refractivity contribution in [3.05, 3.63) is 52.9 Å². The van der Waals surface area contributed by atoms with Crippen LogP contribution >= 0.6 is 0 Å². The van der Waals surface area contributed by atoms with Gasteiger partial charge in [-0.05, 0) is 25.8 Å². The highest BCUT2D eigenvalue weighted by atomic mass is 19.1. The van der Waals surface area contributed by atoms with Crippen molar-refractivity contribution in [2.75, 3.05) is 13.1 Å². The fraction of sp³-hybridized carbons (Fsp3) is 0.474. The lowest BCUT2D eigenvalue weighted by atomic mass is 10.1. The van der Waals surface area contributed by atoms with Crippen molar-refractivity contribution in [1.29, 1.82) is 0 Å². The molecular weight excluding hydrogens is 337 g/mol. The molecule has 6 nitrogen and oxygen atoms in total. The van der Waals surface area contributed by atoms with E-state index in [0.29, 0.717) is 26.1 Å². The van der Waals surface area contributed by atoms with Crippen molar-refractivity contribution in [3.63, 3.8) is 0 Å². The molecule has 1 N–H and O–H groups in total. The maximum absolute atomic E-state index is 13.9. The number of rotatable bonds is 6. The molecule has 0 saturated carbocycles. The number of halogens is 1. The summed E-state index contributed by atoms with van der Waals surface area (Å²) in [6, 6.07) is 9.39. The molecule has 3 rings (SSSR count). The average molecular weight is 361 g/mol. The highest BCUT2D eigenvalue weighted by molar-refractivity contribution is 5.67. The molecule has 2 heterocycles. The van der Waals surface area contributed by atoms with E-state index in [-0.39, 0.29) is 12.6 Å². The molecule has 0 unspecified atom stereocenters. The number of benzene rings is 1. The summed E-state index contributed by atoms with van der Waals surface area (Å²) in [4.78, 5) is 13.9. The summed E-state index contributed by atoms with van der Waals surface area (Å²) in [6.45, 7) is 5.20. The molecule has 140 valence electrons. The van der Waals surface area contributed by atoms with Crippen LogP contribution in [0, 0.1) is 13.8 Å². The Kier molecular flexibility index (Phi) is 5.88. The molecule has 0 aliphatic carbocycles. The van der Waals surface area contributed by atoms with Gasteiger partial charge in [0.05, 0.1) is 5.69 Å². The van der Waals surface area contributed by atoms with E-state index in [1.807, 2.05) is 49.1 Å². The minimum atomic E-state index is -0.900. The van der Waals surface area contributed by atoms with Gasteiger partial charge >= 0.3 is 6.09 Å². The molecule has 7 heteroatoms. The first-order valence-electron chi connectivity index (χ1n) is 8.77. The molecule has 1 amide bonds. The Morgan fingerprint density at radius 1 is 1.38 bits per heavy atom. The maximum atomic E-state index is 13.9. The van der Waals surface area contributed by atoms with Gasteiger partial charge in [0.2, 0.25) is 0 Å². The molecule has 1 aromatic carbocycles. The fourth-order valence-corrected chi connectivity index (χ4v) is 3.23. The minimum absolute atomic E-state index is 0.0806. The van der Waals surface area contributed by atoms with Crippen molar-refractivity contribution in [1.82, 2.24) is 15.4 Å². The second-order valence-electron chi connectivity index (χ2n) is 6.66. The SMILES string of the molecule is Cc1noc(C)c1CN1C[C@@H](F)C[C@H]1CNC(=O)OCc1ccccc1. The van der Waals surface area contributed by atoms with Gasteiger partial charge in [0.25, 0.3) is 0 Å². The normalized spacial score (nSPS) is 20.3. The van der Waals surface area contributed by atoms with Crippen molar-refractivity contribution in [2.45, 2.75) is 45.6 Å². The second-order valence-corrected chi connectivity index (χ2v) is 6.66. The maximum Gasteiger partial charge on any atom is 0.407 e. The van der Waals surface area contributed by atoms with Gasteiger partial charge in [-0.1, -0.05) is 35.5 Å². The number of likely N-dealkylation sites (tertiary alicyclic amines) is 1. The molecular formula is C19H24FN3O3. The number of hydrogen-bond acceptors (Lipinski definition) is 5. The van der Waals surface area contributed by atoms with E-state index in [1.165, 1.54) is 0 Å². The molecule has 1 saturated heterocycles. The van der Waals surface area contributed by atoms with Crippen LogP contribution < -0.4 is 5.32 Å². The van der Waals surface area contributed by atoms with Gasteiger partial charge in [-0.2, -0.15) is 0 Å². The van der Waals surface area contributed by atoms with Crippen LogP contribution in [-0.2, 0) is 17.9 Å². The van der Waals surface area contributed by atoms with Crippen LogP contribution in [-0.4, -0.2) is 41.5 Å². The Morgan fingerprint density at radius 3 is 2.85 bits per heavy atom. The summed E-state index contributed by atoms with van der Waals surface area (Å²) in [6.07, 6.45) is -1.00. The summed E-state index contributed by atoms with van der Waals surface area (Å²) in [5.41, 5.74) is 2.72. The lowest BCUT2D eigenvalue weighted by Gasteiger charge is -2.24. The van der Waals surface area contributed by atoms with Gasteiger partial charge in [-0.15, -0.1) is 0 Å². The predicted octanol–water partition coefficient (Wildman–Crippen LogP) is 3.13. The van der Waals surface area contributed by atoms with Crippen LogP contribution in [0.25, 0.3) is 0 Å². The molecule has 2 atom stereocenters. The molecule has 1 aliphatic heterocycles. The van der Waals surface area contributed by atoms with E-state index >= 15 is 0 Å². The zero-order valence-electron chi connectivity index (χ0n) is 15.1. The number of aromatic nitrogens is 1. The van der Waals surface area contributed by atoms with E-state index < -0.39 is 12.3 Å². The van der Waals surface area contributed by atoms with Crippen molar-refractivity contribution < 1.29 is 18.4 Å². The fourth-order valence-electron chi connectivity index (χ4n) is 3.23. The molecule has 2 aromatic rings. The second kappa shape index (κ2) is 8.31. The molecule has 1 aliphatic rings. The zero-order valence-corrected chi connectivity index (χ0v) is 15.1. The Hall–Kier alpha value is -2.41. The third-order valence-electron chi connectivity index (χ3n) is 4.71. The van der Waals surface area contributed by atoms with Crippen LogP contribution in [0.2, 0.25) is 0 Å². The van der Waals surface area contributed by atoms with Crippen molar-refractivity contribution >= 4 is 6.09 Å². The monoisotopic (exact) mass is 361 g/mol.